The molecule has 0 aliphatic carbocycles. The Balaban J connectivity index is 1.63. The monoisotopic (exact) mass is 338 g/mol. The van der Waals surface area contributed by atoms with Crippen LogP contribution in [0.2, 0.25) is 0 Å². The second-order valence-electron chi connectivity index (χ2n) is 4.78. The topological polar surface area (TPSA) is 77.0 Å². The Morgan fingerprint density at radius 3 is 2.83 bits per heavy atom. The molecular formula is C17H14N4O2S. The van der Waals surface area contributed by atoms with Crippen LogP contribution >= 0.6 is 11.3 Å². The van der Waals surface area contributed by atoms with Gasteiger partial charge in [0.1, 0.15) is 5.75 Å². The number of carbonyl (C=O) groups is 1. The van der Waals surface area contributed by atoms with Gasteiger partial charge in [-0.1, -0.05) is 6.07 Å². The van der Waals surface area contributed by atoms with Crippen LogP contribution in [0, 0.1) is 6.92 Å². The van der Waals surface area contributed by atoms with Gasteiger partial charge in [-0.15, -0.1) is 11.3 Å². The number of anilines is 1. The summed E-state index contributed by atoms with van der Waals surface area (Å²) in [7, 11) is 0. The number of rotatable bonds is 5. The molecule has 0 radical (unpaired) electrons. The molecule has 0 spiro atoms. The first-order valence-corrected chi connectivity index (χ1v) is 8.03. The van der Waals surface area contributed by atoms with Crippen molar-refractivity contribution in [3.8, 4) is 11.8 Å². The molecule has 1 amide bonds. The second-order valence-corrected chi connectivity index (χ2v) is 5.84. The van der Waals surface area contributed by atoms with Crippen molar-refractivity contribution >= 4 is 29.0 Å². The number of nitrogens with zero attached hydrogens (tertiary/aromatic N) is 3. The van der Waals surface area contributed by atoms with Crippen molar-refractivity contribution in [2.75, 3.05) is 5.32 Å². The van der Waals surface area contributed by atoms with Gasteiger partial charge in [-0.05, 0) is 31.2 Å². The molecule has 0 aliphatic heterocycles. The number of thiazole rings is 1. The molecule has 120 valence electrons. The lowest BCUT2D eigenvalue weighted by Gasteiger charge is -2.06. The number of hydrogen-bond donors (Lipinski definition) is 1. The third kappa shape index (κ3) is 4.47. The van der Waals surface area contributed by atoms with Gasteiger partial charge in [0.15, 0.2) is 0 Å². The largest absolute Gasteiger partial charge is 0.424 e. The quantitative estimate of drug-likeness (QED) is 0.718. The summed E-state index contributed by atoms with van der Waals surface area (Å²) < 4.78 is 5.53. The highest BCUT2D eigenvalue weighted by Crippen LogP contribution is 2.21. The van der Waals surface area contributed by atoms with Crippen LogP contribution in [-0.2, 0) is 4.79 Å². The van der Waals surface area contributed by atoms with Crippen LogP contribution in [0.25, 0.3) is 6.08 Å². The molecule has 0 unspecified atom stereocenters. The molecule has 7 heteroatoms. The summed E-state index contributed by atoms with van der Waals surface area (Å²) in [6.07, 6.45) is 6.32. The summed E-state index contributed by atoms with van der Waals surface area (Å²) >= 11 is 1.54. The minimum Gasteiger partial charge on any atom is -0.424 e. The minimum atomic E-state index is -0.242. The van der Waals surface area contributed by atoms with Gasteiger partial charge < -0.3 is 10.1 Å². The lowest BCUT2D eigenvalue weighted by Crippen LogP contribution is -2.07. The van der Waals surface area contributed by atoms with Crippen molar-refractivity contribution in [1.82, 2.24) is 15.0 Å². The standard InChI is InChI=1S/C17H14N4O2S/c1-12-20-14(11-24-12)6-7-16(22)21-13-4-2-5-15(10-13)23-17-18-8-3-9-19-17/h2-11H,1H3,(H,21,22)/b7-6+. The van der Waals surface area contributed by atoms with E-state index in [1.54, 1.807) is 60.1 Å². The lowest BCUT2D eigenvalue weighted by molar-refractivity contribution is -0.111. The van der Waals surface area contributed by atoms with Crippen molar-refractivity contribution in [3.63, 3.8) is 0 Å². The second kappa shape index (κ2) is 7.47. The summed E-state index contributed by atoms with van der Waals surface area (Å²) in [5.74, 6) is 0.298. The molecule has 0 fully saturated rings. The average Bonchev–Trinajstić information content (AvgIpc) is 3.00. The van der Waals surface area contributed by atoms with E-state index in [2.05, 4.69) is 20.3 Å². The molecule has 0 saturated heterocycles. The summed E-state index contributed by atoms with van der Waals surface area (Å²) in [4.78, 5) is 24.2. The molecule has 0 bridgehead atoms. The fraction of sp³-hybridized carbons (Fsp3) is 0.0588. The van der Waals surface area contributed by atoms with E-state index in [0.717, 1.165) is 10.7 Å². The van der Waals surface area contributed by atoms with Crippen LogP contribution in [-0.4, -0.2) is 20.9 Å². The van der Waals surface area contributed by atoms with Gasteiger partial charge in [-0.3, -0.25) is 4.79 Å². The first kappa shape index (κ1) is 15.8. The number of amides is 1. The third-order valence-corrected chi connectivity index (χ3v) is 3.69. The van der Waals surface area contributed by atoms with Crippen molar-refractivity contribution in [2.24, 2.45) is 0 Å². The van der Waals surface area contributed by atoms with E-state index in [0.29, 0.717) is 11.4 Å². The van der Waals surface area contributed by atoms with Crippen LogP contribution in [0.1, 0.15) is 10.7 Å². The Bertz CT molecular complexity index is 862. The molecule has 3 rings (SSSR count). The van der Waals surface area contributed by atoms with Gasteiger partial charge in [-0.25, -0.2) is 15.0 Å². The van der Waals surface area contributed by atoms with Crippen LogP contribution in [0.4, 0.5) is 5.69 Å². The zero-order valence-corrected chi connectivity index (χ0v) is 13.7. The molecule has 1 aromatic carbocycles. The van der Waals surface area contributed by atoms with E-state index in [1.807, 2.05) is 12.3 Å². The predicted molar refractivity (Wildman–Crippen MR) is 93.1 cm³/mol. The maximum Gasteiger partial charge on any atom is 0.321 e. The fourth-order valence-electron chi connectivity index (χ4n) is 1.88. The van der Waals surface area contributed by atoms with Crippen molar-refractivity contribution in [1.29, 1.82) is 0 Å². The van der Waals surface area contributed by atoms with Gasteiger partial charge in [-0.2, -0.15) is 0 Å². The average molecular weight is 338 g/mol. The molecule has 3 aromatic rings. The van der Waals surface area contributed by atoms with E-state index >= 15 is 0 Å². The van der Waals surface area contributed by atoms with E-state index in [4.69, 9.17) is 4.74 Å². The van der Waals surface area contributed by atoms with Gasteiger partial charge in [0.2, 0.25) is 5.91 Å². The van der Waals surface area contributed by atoms with Gasteiger partial charge in [0.05, 0.1) is 10.7 Å². The lowest BCUT2D eigenvalue weighted by atomic mass is 10.3. The molecule has 0 saturated carbocycles. The first-order chi connectivity index (χ1) is 11.7. The molecule has 24 heavy (non-hydrogen) atoms. The minimum absolute atomic E-state index is 0.242. The highest BCUT2D eigenvalue weighted by atomic mass is 32.1. The molecule has 2 aromatic heterocycles. The number of hydrogen-bond acceptors (Lipinski definition) is 6. The number of aryl methyl sites for hydroxylation is 1. The SMILES string of the molecule is Cc1nc(/C=C/C(=O)Nc2cccc(Oc3ncccn3)c2)cs1. The number of aromatic nitrogens is 3. The Labute approximate surface area is 142 Å². The maximum absolute atomic E-state index is 12.0. The van der Waals surface area contributed by atoms with E-state index in [9.17, 15) is 4.79 Å². The Hall–Kier alpha value is -3.06. The normalized spacial score (nSPS) is 10.7. The van der Waals surface area contributed by atoms with Crippen LogP contribution < -0.4 is 10.1 Å². The fourth-order valence-corrected chi connectivity index (χ4v) is 2.46. The Morgan fingerprint density at radius 2 is 2.08 bits per heavy atom. The Kier molecular flexibility index (Phi) is 4.93. The van der Waals surface area contributed by atoms with E-state index in [-0.39, 0.29) is 11.9 Å². The molecule has 0 aliphatic rings. The van der Waals surface area contributed by atoms with Gasteiger partial charge in [0.25, 0.3) is 0 Å². The smallest absolute Gasteiger partial charge is 0.321 e. The zero-order valence-electron chi connectivity index (χ0n) is 12.8. The first-order valence-electron chi connectivity index (χ1n) is 7.15. The number of nitrogens with one attached hydrogen (secondary N) is 1. The van der Waals surface area contributed by atoms with E-state index in [1.165, 1.54) is 6.08 Å². The number of carbonyl (C=O) groups excluding carboxylic acids is 1. The van der Waals surface area contributed by atoms with Crippen molar-refractivity contribution in [3.05, 3.63) is 64.9 Å². The number of ether oxygens (including phenoxy) is 1. The van der Waals surface area contributed by atoms with E-state index < -0.39 is 0 Å². The van der Waals surface area contributed by atoms with Gasteiger partial charge >= 0.3 is 6.01 Å². The summed E-state index contributed by atoms with van der Waals surface area (Å²) in [6.45, 7) is 1.92. The van der Waals surface area contributed by atoms with Gasteiger partial charge in [0, 0.05) is 35.6 Å². The highest BCUT2D eigenvalue weighted by molar-refractivity contribution is 7.09. The molecular weight excluding hydrogens is 324 g/mol. The molecule has 0 atom stereocenters. The molecule has 1 N–H and O–H groups in total. The van der Waals surface area contributed by atoms with Crippen LogP contribution in [0.15, 0.2) is 54.2 Å². The number of benzene rings is 1. The summed E-state index contributed by atoms with van der Waals surface area (Å²) in [5, 5.41) is 5.63. The summed E-state index contributed by atoms with van der Waals surface area (Å²) in [6, 6.07) is 8.98. The van der Waals surface area contributed by atoms with Crippen LogP contribution in [0.3, 0.4) is 0 Å². The molecule has 2 heterocycles. The molecule has 6 nitrogen and oxygen atoms in total. The van der Waals surface area contributed by atoms with Crippen molar-refractivity contribution < 1.29 is 9.53 Å². The highest BCUT2D eigenvalue weighted by Gasteiger charge is 2.03. The zero-order chi connectivity index (χ0) is 16.8. The maximum atomic E-state index is 12.0. The summed E-state index contributed by atoms with van der Waals surface area (Å²) in [5.41, 5.74) is 1.39. The third-order valence-electron chi connectivity index (χ3n) is 2.90. The van der Waals surface area contributed by atoms with Crippen molar-refractivity contribution in [2.45, 2.75) is 6.92 Å². The Morgan fingerprint density at radius 1 is 1.25 bits per heavy atom. The van der Waals surface area contributed by atoms with Crippen LogP contribution in [0.5, 0.6) is 11.8 Å². The predicted octanol–water partition coefficient (Wildman–Crippen LogP) is 3.69.